The summed E-state index contributed by atoms with van der Waals surface area (Å²) in [6.07, 6.45) is 1.21. The minimum Gasteiger partial charge on any atom is -0.390 e. The normalized spacial score (nSPS) is 54.8. The zero-order valence-corrected chi connectivity index (χ0v) is 7.12. The summed E-state index contributed by atoms with van der Waals surface area (Å²) in [5.41, 5.74) is -0.672. The van der Waals surface area contributed by atoms with Crippen molar-refractivity contribution in [1.29, 1.82) is 0 Å². The molecule has 0 aromatic carbocycles. The molecule has 4 atom stereocenters. The maximum absolute atomic E-state index is 9.71. The van der Waals surface area contributed by atoms with Crippen molar-refractivity contribution in [2.45, 2.75) is 38.4 Å². The molecule has 0 heterocycles. The third kappa shape index (κ3) is 0.744. The van der Waals surface area contributed by atoms with Gasteiger partial charge in [-0.05, 0) is 30.6 Å². The average Bonchev–Trinajstić information content (AvgIpc) is 1.95. The second kappa shape index (κ2) is 1.99. The zero-order valence-electron chi connectivity index (χ0n) is 7.12. The Labute approximate surface area is 67.2 Å². The van der Waals surface area contributed by atoms with Crippen LogP contribution in [0.5, 0.6) is 0 Å². The first kappa shape index (κ1) is 7.56. The van der Waals surface area contributed by atoms with Crippen LogP contribution < -0.4 is 0 Å². The lowest BCUT2D eigenvalue weighted by molar-refractivity contribution is -0.284. The summed E-state index contributed by atoms with van der Waals surface area (Å²) >= 11 is 0. The van der Waals surface area contributed by atoms with Crippen LogP contribution in [0.1, 0.15) is 26.7 Å². The lowest BCUT2D eigenvalue weighted by atomic mass is 9.46. The minimum atomic E-state index is -0.672. The van der Waals surface area contributed by atoms with Gasteiger partial charge in [0.1, 0.15) is 0 Å². The summed E-state index contributed by atoms with van der Waals surface area (Å²) in [5.74, 6) is 1.72. The fraction of sp³-hybridized carbons (Fsp3) is 1.00. The highest BCUT2D eigenvalue weighted by Crippen LogP contribution is 2.59. The van der Waals surface area contributed by atoms with E-state index in [0.29, 0.717) is 17.8 Å². The van der Waals surface area contributed by atoms with Gasteiger partial charge in [0.15, 0.2) is 0 Å². The largest absolute Gasteiger partial charge is 0.390 e. The van der Waals surface area contributed by atoms with Crippen molar-refractivity contribution in [3.63, 3.8) is 0 Å². The van der Waals surface area contributed by atoms with Crippen molar-refractivity contribution >= 4 is 0 Å². The molecule has 0 saturated heterocycles. The van der Waals surface area contributed by atoms with E-state index in [0.717, 1.165) is 12.8 Å². The van der Waals surface area contributed by atoms with Crippen LogP contribution in [0.2, 0.25) is 0 Å². The Hall–Kier alpha value is -0.0800. The van der Waals surface area contributed by atoms with Crippen LogP contribution in [0.3, 0.4) is 0 Å². The van der Waals surface area contributed by atoms with Gasteiger partial charge in [0, 0.05) is 0 Å². The van der Waals surface area contributed by atoms with Crippen molar-refractivity contribution < 1.29 is 10.2 Å². The van der Waals surface area contributed by atoms with Crippen LogP contribution in [0.15, 0.2) is 0 Å². The highest BCUT2D eigenvalue weighted by Gasteiger charge is 2.65. The van der Waals surface area contributed by atoms with Gasteiger partial charge in [0.25, 0.3) is 0 Å². The molecule has 64 valence electrons. The Morgan fingerprint density at radius 3 is 2.36 bits per heavy atom. The molecule has 2 N–H and O–H groups in total. The number of hydrogen-bond acceptors (Lipinski definition) is 2. The quantitative estimate of drug-likeness (QED) is 0.589. The van der Waals surface area contributed by atoms with Crippen molar-refractivity contribution in [1.82, 2.24) is 0 Å². The predicted octanol–water partition coefficient (Wildman–Crippen LogP) is 0.774. The number of fused-ring (bicyclic) bond motifs is 1. The Balaban J connectivity index is 2.00. The summed E-state index contributed by atoms with van der Waals surface area (Å²) in [6.45, 7) is 4.38. The highest BCUT2D eigenvalue weighted by atomic mass is 16.3. The second-order valence-corrected chi connectivity index (χ2v) is 4.46. The smallest absolute Gasteiger partial charge is 0.0940 e. The van der Waals surface area contributed by atoms with Crippen LogP contribution in [0.25, 0.3) is 0 Å². The van der Waals surface area contributed by atoms with E-state index in [4.69, 9.17) is 0 Å². The molecule has 0 aromatic rings. The van der Waals surface area contributed by atoms with E-state index in [-0.39, 0.29) is 0 Å². The van der Waals surface area contributed by atoms with Gasteiger partial charge in [-0.15, -0.1) is 0 Å². The van der Waals surface area contributed by atoms with Crippen LogP contribution in [0, 0.1) is 17.8 Å². The van der Waals surface area contributed by atoms with E-state index >= 15 is 0 Å². The van der Waals surface area contributed by atoms with Gasteiger partial charge in [0.2, 0.25) is 0 Å². The van der Waals surface area contributed by atoms with Crippen molar-refractivity contribution in [2.24, 2.45) is 17.8 Å². The van der Waals surface area contributed by atoms with Crippen molar-refractivity contribution in [3.05, 3.63) is 0 Å². The zero-order chi connectivity index (χ0) is 8.22. The molecule has 0 amide bonds. The van der Waals surface area contributed by atoms with Gasteiger partial charge in [-0.3, -0.25) is 0 Å². The molecule has 2 rings (SSSR count). The van der Waals surface area contributed by atoms with Gasteiger partial charge < -0.3 is 10.2 Å². The molecule has 2 heteroatoms. The molecule has 2 saturated carbocycles. The summed E-state index contributed by atoms with van der Waals surface area (Å²) < 4.78 is 0. The van der Waals surface area contributed by atoms with Gasteiger partial charge in [-0.25, -0.2) is 0 Å². The fourth-order valence-electron chi connectivity index (χ4n) is 2.63. The van der Waals surface area contributed by atoms with Gasteiger partial charge in [0.05, 0.1) is 11.7 Å². The third-order valence-corrected chi connectivity index (χ3v) is 3.63. The first-order chi connectivity index (χ1) is 5.05. The Bertz CT molecular complexity index is 178. The van der Waals surface area contributed by atoms with Crippen LogP contribution in [-0.2, 0) is 0 Å². The number of aliphatic hydroxyl groups excluding tert-OH is 1. The maximum Gasteiger partial charge on any atom is 0.0940 e. The van der Waals surface area contributed by atoms with Gasteiger partial charge in [-0.2, -0.15) is 0 Å². The Kier molecular flexibility index (Phi) is 1.37. The van der Waals surface area contributed by atoms with Crippen LogP contribution in [-0.4, -0.2) is 21.9 Å². The standard InChI is InChI=1S/C9H16O2/c1-5(2)6-4-9(11)7(6)3-8(9)10/h5-8,10-11H,3-4H2,1-2H3. The summed E-state index contributed by atoms with van der Waals surface area (Å²) in [6, 6.07) is 0. The number of rotatable bonds is 1. The lowest BCUT2D eigenvalue weighted by Crippen LogP contribution is -2.71. The van der Waals surface area contributed by atoms with E-state index in [1.807, 2.05) is 0 Å². The van der Waals surface area contributed by atoms with Crippen LogP contribution >= 0.6 is 0 Å². The molecule has 2 nitrogen and oxygen atoms in total. The predicted molar refractivity (Wildman–Crippen MR) is 42.0 cm³/mol. The lowest BCUT2D eigenvalue weighted by Gasteiger charge is -2.64. The van der Waals surface area contributed by atoms with Crippen LogP contribution in [0.4, 0.5) is 0 Å². The Morgan fingerprint density at radius 2 is 2.09 bits per heavy atom. The van der Waals surface area contributed by atoms with Gasteiger partial charge >= 0.3 is 0 Å². The molecular weight excluding hydrogens is 140 g/mol. The van der Waals surface area contributed by atoms with Crippen molar-refractivity contribution in [2.75, 3.05) is 0 Å². The molecule has 2 aliphatic rings. The fourth-order valence-corrected chi connectivity index (χ4v) is 2.63. The highest BCUT2D eigenvalue weighted by molar-refractivity contribution is 5.15. The summed E-state index contributed by atoms with van der Waals surface area (Å²) in [4.78, 5) is 0. The number of aliphatic hydroxyl groups is 2. The van der Waals surface area contributed by atoms with Crippen molar-refractivity contribution in [3.8, 4) is 0 Å². The first-order valence-electron chi connectivity index (χ1n) is 4.46. The Morgan fingerprint density at radius 1 is 1.45 bits per heavy atom. The average molecular weight is 156 g/mol. The SMILES string of the molecule is CC(C)C1CC2(O)C(O)CC12. The molecule has 0 bridgehead atoms. The summed E-state index contributed by atoms with van der Waals surface area (Å²) in [5, 5.41) is 19.0. The van der Waals surface area contributed by atoms with Gasteiger partial charge in [-0.1, -0.05) is 13.8 Å². The van der Waals surface area contributed by atoms with E-state index < -0.39 is 11.7 Å². The molecule has 0 spiro atoms. The molecule has 2 aliphatic carbocycles. The second-order valence-electron chi connectivity index (χ2n) is 4.46. The summed E-state index contributed by atoms with van der Waals surface area (Å²) in [7, 11) is 0. The van der Waals surface area contributed by atoms with E-state index in [1.165, 1.54) is 0 Å². The van der Waals surface area contributed by atoms with E-state index in [9.17, 15) is 10.2 Å². The third-order valence-electron chi connectivity index (χ3n) is 3.63. The maximum atomic E-state index is 9.71. The molecule has 11 heavy (non-hydrogen) atoms. The minimum absolute atomic E-state index is 0.400. The molecular formula is C9H16O2. The van der Waals surface area contributed by atoms with E-state index in [2.05, 4.69) is 13.8 Å². The first-order valence-corrected chi connectivity index (χ1v) is 4.46. The topological polar surface area (TPSA) is 40.5 Å². The van der Waals surface area contributed by atoms with E-state index in [1.54, 1.807) is 0 Å². The monoisotopic (exact) mass is 156 g/mol. The molecule has 0 aliphatic heterocycles. The number of hydrogen-bond donors (Lipinski definition) is 2. The molecule has 4 unspecified atom stereocenters. The molecule has 0 radical (unpaired) electrons. The molecule has 2 fully saturated rings. The molecule has 0 aromatic heterocycles.